The second-order valence-electron chi connectivity index (χ2n) is 8.04. The van der Waals surface area contributed by atoms with Crippen LogP contribution in [0.2, 0.25) is 0 Å². The highest BCUT2D eigenvalue weighted by atomic mass is 32.2. The normalized spacial score (nSPS) is 16.5. The maximum absolute atomic E-state index is 13.3. The molecule has 7 nitrogen and oxygen atoms in total. The summed E-state index contributed by atoms with van der Waals surface area (Å²) in [7, 11) is -3.76. The zero-order chi connectivity index (χ0) is 21.4. The first-order chi connectivity index (χ1) is 15.0. The zero-order valence-corrected chi connectivity index (χ0v) is 17.9. The topological polar surface area (TPSA) is 84.3 Å². The molecule has 0 bridgehead atoms. The quantitative estimate of drug-likeness (QED) is 0.655. The number of aromatic nitrogens is 2. The van der Waals surface area contributed by atoms with E-state index in [1.165, 1.54) is 16.4 Å². The van der Waals surface area contributed by atoms with Crippen LogP contribution in [-0.4, -0.2) is 30.7 Å². The largest absolute Gasteiger partial charge is 0.307 e. The first kappa shape index (κ1) is 19.8. The summed E-state index contributed by atoms with van der Waals surface area (Å²) in [5.41, 5.74) is 2.02. The molecule has 5 rings (SSSR count). The highest BCUT2D eigenvalue weighted by molar-refractivity contribution is 7.92. The molecule has 0 spiro atoms. The van der Waals surface area contributed by atoms with Gasteiger partial charge in [-0.2, -0.15) is 5.10 Å². The Balaban J connectivity index is 1.40. The van der Waals surface area contributed by atoms with Gasteiger partial charge in [0.2, 0.25) is 0 Å². The molecule has 8 heteroatoms. The van der Waals surface area contributed by atoms with Crippen LogP contribution in [0.25, 0.3) is 0 Å². The van der Waals surface area contributed by atoms with Crippen molar-refractivity contribution in [2.24, 2.45) is 0 Å². The van der Waals surface area contributed by atoms with Crippen LogP contribution in [-0.2, 0) is 16.4 Å². The zero-order valence-electron chi connectivity index (χ0n) is 17.1. The van der Waals surface area contributed by atoms with Gasteiger partial charge in [0.25, 0.3) is 15.9 Å². The Morgan fingerprint density at radius 2 is 1.84 bits per heavy atom. The van der Waals surface area contributed by atoms with Crippen LogP contribution < -0.4 is 9.62 Å². The lowest BCUT2D eigenvalue weighted by Gasteiger charge is -2.20. The third-order valence-electron chi connectivity index (χ3n) is 6.11. The van der Waals surface area contributed by atoms with Crippen molar-refractivity contribution in [2.75, 3.05) is 16.2 Å². The summed E-state index contributed by atoms with van der Waals surface area (Å²) in [6, 6.07) is 15.8. The summed E-state index contributed by atoms with van der Waals surface area (Å²) in [5.74, 6) is 0.289. The standard InChI is InChI=1S/C23H24N4O3S/c28-23(25-22-12-14-24-27(22)19-8-2-3-9-19)18-7-5-10-20(16-18)31(29,30)26-15-13-17-6-1-4-11-21(17)26/h1,4-7,10-12,14,16,19H,2-3,8-9,13,15H2,(H,25,28). The molecular weight excluding hydrogens is 412 g/mol. The number of carbonyl (C=O) groups excluding carboxylic acids is 1. The summed E-state index contributed by atoms with van der Waals surface area (Å²) >= 11 is 0. The second kappa shape index (κ2) is 7.85. The Kier molecular flexibility index (Phi) is 5.02. The average Bonchev–Trinajstić information content (AvgIpc) is 3.54. The van der Waals surface area contributed by atoms with Crippen molar-refractivity contribution in [2.45, 2.75) is 43.0 Å². The van der Waals surface area contributed by atoms with Gasteiger partial charge in [0.1, 0.15) is 5.82 Å². The Hall–Kier alpha value is -3.13. The number of sulfonamides is 1. The maximum Gasteiger partial charge on any atom is 0.264 e. The van der Waals surface area contributed by atoms with E-state index in [0.29, 0.717) is 36.1 Å². The number of fused-ring (bicyclic) bond motifs is 1. The Morgan fingerprint density at radius 1 is 1.03 bits per heavy atom. The highest BCUT2D eigenvalue weighted by Gasteiger charge is 2.31. The van der Waals surface area contributed by atoms with Gasteiger partial charge in [-0.25, -0.2) is 13.1 Å². The van der Waals surface area contributed by atoms with Crippen LogP contribution in [0.5, 0.6) is 0 Å². The summed E-state index contributed by atoms with van der Waals surface area (Å²) < 4.78 is 29.9. The average molecular weight is 437 g/mol. The van der Waals surface area contributed by atoms with Gasteiger partial charge in [0.05, 0.1) is 22.8 Å². The minimum absolute atomic E-state index is 0.112. The number of hydrogen-bond donors (Lipinski definition) is 1. The predicted molar refractivity (Wildman–Crippen MR) is 119 cm³/mol. The first-order valence-corrected chi connectivity index (χ1v) is 12.0. The number of hydrogen-bond acceptors (Lipinski definition) is 4. The van der Waals surface area contributed by atoms with Gasteiger partial charge in [0, 0.05) is 18.2 Å². The van der Waals surface area contributed by atoms with Gasteiger partial charge in [0.15, 0.2) is 0 Å². The van der Waals surface area contributed by atoms with E-state index in [1.807, 2.05) is 28.9 Å². The molecule has 2 aromatic carbocycles. The molecule has 160 valence electrons. The molecule has 1 fully saturated rings. The van der Waals surface area contributed by atoms with Crippen molar-refractivity contribution in [3.8, 4) is 0 Å². The number of carbonyl (C=O) groups is 1. The Bertz CT molecular complexity index is 1230. The fourth-order valence-electron chi connectivity index (χ4n) is 4.52. The molecule has 3 aromatic rings. The minimum atomic E-state index is -3.76. The lowest BCUT2D eigenvalue weighted by atomic mass is 10.2. The van der Waals surface area contributed by atoms with Crippen LogP contribution in [0.3, 0.4) is 0 Å². The van der Waals surface area contributed by atoms with E-state index in [1.54, 1.807) is 24.4 Å². The smallest absolute Gasteiger partial charge is 0.264 e. The lowest BCUT2D eigenvalue weighted by Crippen LogP contribution is -2.29. The van der Waals surface area contributed by atoms with Crippen molar-refractivity contribution in [3.05, 3.63) is 71.9 Å². The van der Waals surface area contributed by atoms with Crippen molar-refractivity contribution < 1.29 is 13.2 Å². The third kappa shape index (κ3) is 3.61. The minimum Gasteiger partial charge on any atom is -0.307 e. The predicted octanol–water partition coefficient (Wildman–Crippen LogP) is 4.00. The van der Waals surface area contributed by atoms with E-state index in [4.69, 9.17) is 0 Å². The Labute approximate surface area is 181 Å². The number of anilines is 2. The molecule has 1 aliphatic heterocycles. The van der Waals surface area contributed by atoms with E-state index in [9.17, 15) is 13.2 Å². The molecule has 2 heterocycles. The number of amides is 1. The summed E-state index contributed by atoms with van der Waals surface area (Å²) in [6.45, 7) is 0.401. The van der Waals surface area contributed by atoms with E-state index in [0.717, 1.165) is 31.2 Å². The molecule has 0 atom stereocenters. The van der Waals surface area contributed by atoms with Crippen LogP contribution in [0.15, 0.2) is 65.7 Å². The van der Waals surface area contributed by atoms with Crippen molar-refractivity contribution >= 4 is 27.4 Å². The van der Waals surface area contributed by atoms with Crippen LogP contribution >= 0.6 is 0 Å². The van der Waals surface area contributed by atoms with Crippen LogP contribution in [0.1, 0.15) is 47.6 Å². The molecule has 31 heavy (non-hydrogen) atoms. The molecule has 0 unspecified atom stereocenters. The van der Waals surface area contributed by atoms with Gasteiger partial charge in [-0.3, -0.25) is 9.10 Å². The number of nitrogens with one attached hydrogen (secondary N) is 1. The second-order valence-corrected chi connectivity index (χ2v) is 9.90. The van der Waals surface area contributed by atoms with Gasteiger partial charge >= 0.3 is 0 Å². The van der Waals surface area contributed by atoms with E-state index in [2.05, 4.69) is 10.4 Å². The van der Waals surface area contributed by atoms with E-state index in [-0.39, 0.29) is 10.8 Å². The van der Waals surface area contributed by atoms with Crippen LogP contribution in [0.4, 0.5) is 11.5 Å². The van der Waals surface area contributed by atoms with Crippen LogP contribution in [0, 0.1) is 0 Å². The van der Waals surface area contributed by atoms with Gasteiger partial charge in [-0.05, 0) is 49.1 Å². The summed E-state index contributed by atoms with van der Waals surface area (Å²) in [4.78, 5) is 13.0. The van der Waals surface area contributed by atoms with Crippen molar-refractivity contribution in [3.63, 3.8) is 0 Å². The first-order valence-electron chi connectivity index (χ1n) is 10.6. The number of para-hydroxylation sites is 1. The summed E-state index contributed by atoms with van der Waals surface area (Å²) in [5, 5.41) is 7.28. The molecule has 1 N–H and O–H groups in total. The lowest BCUT2D eigenvalue weighted by molar-refractivity contribution is 0.102. The Morgan fingerprint density at radius 3 is 2.68 bits per heavy atom. The molecule has 0 saturated heterocycles. The maximum atomic E-state index is 13.3. The molecule has 1 amide bonds. The molecule has 0 radical (unpaired) electrons. The molecule has 1 aromatic heterocycles. The monoisotopic (exact) mass is 436 g/mol. The SMILES string of the molecule is O=C(Nc1ccnn1C1CCCC1)c1cccc(S(=O)(=O)N2CCc3ccccc32)c1. The van der Waals surface area contributed by atoms with Crippen molar-refractivity contribution in [1.29, 1.82) is 0 Å². The van der Waals surface area contributed by atoms with Gasteiger partial charge in [-0.1, -0.05) is 37.1 Å². The van der Waals surface area contributed by atoms with E-state index >= 15 is 0 Å². The molecule has 2 aliphatic rings. The number of rotatable bonds is 5. The highest BCUT2D eigenvalue weighted by Crippen LogP contribution is 2.33. The van der Waals surface area contributed by atoms with Gasteiger partial charge in [-0.15, -0.1) is 0 Å². The third-order valence-corrected chi connectivity index (χ3v) is 7.92. The van der Waals surface area contributed by atoms with Crippen molar-refractivity contribution in [1.82, 2.24) is 9.78 Å². The van der Waals surface area contributed by atoms with Gasteiger partial charge < -0.3 is 5.32 Å². The summed E-state index contributed by atoms with van der Waals surface area (Å²) in [6.07, 6.45) is 6.79. The molecule has 1 aliphatic carbocycles. The molecule has 1 saturated carbocycles. The number of benzene rings is 2. The fraction of sp³-hybridized carbons (Fsp3) is 0.304. The van der Waals surface area contributed by atoms with E-state index < -0.39 is 10.0 Å². The number of nitrogens with zero attached hydrogens (tertiary/aromatic N) is 3. The molecular formula is C23H24N4O3S. The fourth-order valence-corrected chi connectivity index (χ4v) is 6.07.